The fourth-order valence-corrected chi connectivity index (χ4v) is 2.93. The lowest BCUT2D eigenvalue weighted by atomic mass is 10.0. The van der Waals surface area contributed by atoms with Crippen LogP contribution in [0.5, 0.6) is 11.5 Å². The molecule has 2 rings (SSSR count). The maximum Gasteiger partial charge on any atom is 0.334 e. The Kier molecular flexibility index (Phi) is 5.07. The summed E-state index contributed by atoms with van der Waals surface area (Å²) in [5.74, 6) is 1.01. The molecule has 0 spiro atoms. The number of halogens is 1. The highest BCUT2D eigenvalue weighted by molar-refractivity contribution is 9.10. The van der Waals surface area contributed by atoms with Crippen molar-refractivity contribution in [3.05, 3.63) is 46.5 Å². The van der Waals surface area contributed by atoms with E-state index in [4.69, 9.17) is 14.2 Å². The molecule has 0 amide bonds. The molecule has 5 heteroatoms. The zero-order valence-electron chi connectivity index (χ0n) is 12.0. The number of esters is 1. The maximum absolute atomic E-state index is 11.9. The number of hydrogen-bond acceptors (Lipinski definition) is 4. The number of cyclic esters (lactones) is 1. The van der Waals surface area contributed by atoms with E-state index < -0.39 is 6.10 Å². The minimum Gasteiger partial charge on any atom is -0.496 e. The van der Waals surface area contributed by atoms with Gasteiger partial charge in [-0.05, 0) is 47.0 Å². The number of methoxy groups -OCH3 is 2. The van der Waals surface area contributed by atoms with Crippen molar-refractivity contribution < 1.29 is 19.0 Å². The van der Waals surface area contributed by atoms with E-state index in [1.807, 2.05) is 6.08 Å². The lowest BCUT2D eigenvalue weighted by Crippen LogP contribution is -2.05. The number of carbonyl (C=O) groups excluding carboxylic acids is 1. The van der Waals surface area contributed by atoms with Crippen LogP contribution >= 0.6 is 15.9 Å². The van der Waals surface area contributed by atoms with E-state index in [2.05, 4.69) is 22.5 Å². The summed E-state index contributed by atoms with van der Waals surface area (Å²) >= 11 is 3.49. The van der Waals surface area contributed by atoms with Crippen LogP contribution in [-0.4, -0.2) is 20.2 Å². The number of rotatable bonds is 6. The van der Waals surface area contributed by atoms with Gasteiger partial charge in [-0.15, -0.1) is 6.58 Å². The molecule has 1 aromatic carbocycles. The molecule has 1 aromatic rings. The average molecular weight is 353 g/mol. The number of ether oxygens (including phenoxy) is 3. The summed E-state index contributed by atoms with van der Waals surface area (Å²) < 4.78 is 16.8. The standard InChI is InChI=1S/C16H17BrO4/c1-4-5-6-10-9-13(21-16(10)18)14-11(19-2)7-8-12(20-3)15(14)17/h4,7-9,13H,1,5-6H2,2-3H3. The Morgan fingerprint density at radius 2 is 2.00 bits per heavy atom. The van der Waals surface area contributed by atoms with Gasteiger partial charge in [-0.25, -0.2) is 4.79 Å². The van der Waals surface area contributed by atoms with Crippen LogP contribution in [-0.2, 0) is 9.53 Å². The van der Waals surface area contributed by atoms with Crippen LogP contribution in [0.25, 0.3) is 0 Å². The average Bonchev–Trinajstić information content (AvgIpc) is 2.85. The summed E-state index contributed by atoms with van der Waals surface area (Å²) in [4.78, 5) is 11.9. The Morgan fingerprint density at radius 3 is 2.62 bits per heavy atom. The SMILES string of the molecule is C=CCCC1=CC(c2c(OC)ccc(OC)c2Br)OC1=O. The van der Waals surface area contributed by atoms with E-state index in [-0.39, 0.29) is 5.97 Å². The second-order valence-electron chi connectivity index (χ2n) is 4.54. The minimum absolute atomic E-state index is 0.293. The number of carbonyl (C=O) groups is 1. The van der Waals surface area contributed by atoms with Crippen molar-refractivity contribution in [2.75, 3.05) is 14.2 Å². The zero-order chi connectivity index (χ0) is 15.4. The monoisotopic (exact) mass is 352 g/mol. The molecule has 0 radical (unpaired) electrons. The van der Waals surface area contributed by atoms with Crippen LogP contribution in [0.3, 0.4) is 0 Å². The highest BCUT2D eigenvalue weighted by Crippen LogP contribution is 2.43. The van der Waals surface area contributed by atoms with Crippen molar-refractivity contribution in [1.82, 2.24) is 0 Å². The molecular formula is C16H17BrO4. The molecule has 1 aliphatic rings. The molecule has 0 fully saturated rings. The zero-order valence-corrected chi connectivity index (χ0v) is 13.6. The summed E-state index contributed by atoms with van der Waals surface area (Å²) in [6.07, 6.45) is 4.50. The Bertz CT molecular complexity index is 592. The minimum atomic E-state index is -0.475. The van der Waals surface area contributed by atoms with Crippen LogP contribution in [0, 0.1) is 0 Å². The predicted octanol–water partition coefficient (Wildman–Crippen LogP) is 3.96. The number of hydrogen-bond donors (Lipinski definition) is 0. The van der Waals surface area contributed by atoms with Crippen LogP contribution in [0.2, 0.25) is 0 Å². The van der Waals surface area contributed by atoms with Gasteiger partial charge in [0.25, 0.3) is 0 Å². The van der Waals surface area contributed by atoms with Crippen LogP contribution in [0.1, 0.15) is 24.5 Å². The van der Waals surface area contributed by atoms with Crippen molar-refractivity contribution in [3.8, 4) is 11.5 Å². The fourth-order valence-electron chi connectivity index (χ4n) is 2.22. The summed E-state index contributed by atoms with van der Waals surface area (Å²) in [5, 5.41) is 0. The van der Waals surface area contributed by atoms with Gasteiger partial charge in [0, 0.05) is 5.57 Å². The molecule has 21 heavy (non-hydrogen) atoms. The van der Waals surface area contributed by atoms with Gasteiger partial charge in [0.15, 0.2) is 6.10 Å². The van der Waals surface area contributed by atoms with E-state index in [0.29, 0.717) is 23.5 Å². The normalized spacial score (nSPS) is 17.2. The van der Waals surface area contributed by atoms with E-state index in [1.54, 1.807) is 32.4 Å². The maximum atomic E-state index is 11.9. The van der Waals surface area contributed by atoms with Crippen molar-refractivity contribution in [2.45, 2.75) is 18.9 Å². The Labute approximate surface area is 132 Å². The summed E-state index contributed by atoms with van der Waals surface area (Å²) in [6, 6.07) is 3.59. The Morgan fingerprint density at radius 1 is 1.33 bits per heavy atom. The van der Waals surface area contributed by atoms with Gasteiger partial charge < -0.3 is 14.2 Å². The van der Waals surface area contributed by atoms with Crippen molar-refractivity contribution >= 4 is 21.9 Å². The smallest absolute Gasteiger partial charge is 0.334 e. The number of allylic oxidation sites excluding steroid dienone is 1. The predicted molar refractivity (Wildman–Crippen MR) is 83.6 cm³/mol. The summed E-state index contributed by atoms with van der Waals surface area (Å²) in [6.45, 7) is 3.66. The van der Waals surface area contributed by atoms with Crippen LogP contribution < -0.4 is 9.47 Å². The van der Waals surface area contributed by atoms with Gasteiger partial charge in [-0.1, -0.05) is 6.08 Å². The molecule has 1 aliphatic heterocycles. The van der Waals surface area contributed by atoms with Gasteiger partial charge >= 0.3 is 5.97 Å². The van der Waals surface area contributed by atoms with E-state index >= 15 is 0 Å². The first-order chi connectivity index (χ1) is 10.1. The third-order valence-electron chi connectivity index (χ3n) is 3.30. The second-order valence-corrected chi connectivity index (χ2v) is 5.34. The molecular weight excluding hydrogens is 336 g/mol. The molecule has 1 heterocycles. The lowest BCUT2D eigenvalue weighted by molar-refractivity contribution is -0.140. The lowest BCUT2D eigenvalue weighted by Gasteiger charge is -2.17. The second kappa shape index (κ2) is 6.80. The number of benzene rings is 1. The van der Waals surface area contributed by atoms with Crippen molar-refractivity contribution in [2.24, 2.45) is 0 Å². The third-order valence-corrected chi connectivity index (χ3v) is 4.11. The topological polar surface area (TPSA) is 44.8 Å². The molecule has 0 aromatic heterocycles. The van der Waals surface area contributed by atoms with E-state index in [9.17, 15) is 4.79 Å². The highest BCUT2D eigenvalue weighted by Gasteiger charge is 2.30. The van der Waals surface area contributed by atoms with Gasteiger partial charge in [-0.2, -0.15) is 0 Å². The molecule has 0 bridgehead atoms. The van der Waals surface area contributed by atoms with Crippen LogP contribution in [0.4, 0.5) is 0 Å². The van der Waals surface area contributed by atoms with E-state index in [1.165, 1.54) is 0 Å². The molecule has 1 unspecified atom stereocenters. The largest absolute Gasteiger partial charge is 0.496 e. The summed E-state index contributed by atoms with van der Waals surface area (Å²) in [5.41, 5.74) is 1.41. The van der Waals surface area contributed by atoms with Gasteiger partial charge in [0.2, 0.25) is 0 Å². The van der Waals surface area contributed by atoms with Gasteiger partial charge in [-0.3, -0.25) is 0 Å². The molecule has 4 nitrogen and oxygen atoms in total. The van der Waals surface area contributed by atoms with Crippen LogP contribution in [0.15, 0.2) is 40.9 Å². The molecule has 112 valence electrons. The molecule has 0 saturated heterocycles. The van der Waals surface area contributed by atoms with E-state index in [0.717, 1.165) is 16.5 Å². The van der Waals surface area contributed by atoms with Gasteiger partial charge in [0.1, 0.15) is 11.5 Å². The first-order valence-corrected chi connectivity index (χ1v) is 7.34. The van der Waals surface area contributed by atoms with Crippen molar-refractivity contribution in [1.29, 1.82) is 0 Å². The first kappa shape index (κ1) is 15.6. The quantitative estimate of drug-likeness (QED) is 0.574. The molecule has 0 N–H and O–H groups in total. The van der Waals surface area contributed by atoms with Gasteiger partial charge in [0.05, 0.1) is 24.3 Å². The Balaban J connectivity index is 2.40. The molecule has 0 saturated carbocycles. The summed E-state index contributed by atoms with van der Waals surface area (Å²) in [7, 11) is 3.17. The fraction of sp³-hybridized carbons (Fsp3) is 0.312. The highest BCUT2D eigenvalue weighted by atomic mass is 79.9. The Hall–Kier alpha value is -1.75. The molecule has 0 aliphatic carbocycles. The first-order valence-electron chi connectivity index (χ1n) is 6.55. The third kappa shape index (κ3) is 3.13. The molecule has 1 atom stereocenters. The van der Waals surface area contributed by atoms with Crippen molar-refractivity contribution in [3.63, 3.8) is 0 Å².